The molecule has 2 aromatic carbocycles. The van der Waals surface area contributed by atoms with Crippen LogP contribution in [0.15, 0.2) is 33.2 Å². The largest absolute Gasteiger partial charge is 0.506 e. The number of benzene rings is 2. The lowest BCUT2D eigenvalue weighted by molar-refractivity contribution is 0.185. The summed E-state index contributed by atoms with van der Waals surface area (Å²) >= 11 is 6.55. The SMILES string of the molecule is COCc1cccc(OC)c1-c1c(O)c(Br)cc(Br)c1O. The summed E-state index contributed by atoms with van der Waals surface area (Å²) in [5.41, 5.74) is 1.69. The van der Waals surface area contributed by atoms with Crippen LogP contribution in [0.3, 0.4) is 0 Å². The molecule has 0 saturated heterocycles. The molecule has 0 heterocycles. The second kappa shape index (κ2) is 6.68. The number of ether oxygens (including phenoxy) is 2. The fraction of sp³-hybridized carbons (Fsp3) is 0.200. The minimum atomic E-state index is -0.0578. The summed E-state index contributed by atoms with van der Waals surface area (Å²) in [6.07, 6.45) is 0. The van der Waals surface area contributed by atoms with Gasteiger partial charge in [0.2, 0.25) is 0 Å². The molecule has 4 nitrogen and oxygen atoms in total. The number of hydrogen-bond acceptors (Lipinski definition) is 4. The number of hydrogen-bond donors (Lipinski definition) is 2. The van der Waals surface area contributed by atoms with Gasteiger partial charge in [-0.1, -0.05) is 12.1 Å². The van der Waals surface area contributed by atoms with Gasteiger partial charge < -0.3 is 19.7 Å². The smallest absolute Gasteiger partial charge is 0.141 e. The molecule has 2 rings (SSSR count). The van der Waals surface area contributed by atoms with Gasteiger partial charge in [-0.3, -0.25) is 0 Å². The summed E-state index contributed by atoms with van der Waals surface area (Å²) in [6.45, 7) is 0.329. The van der Waals surface area contributed by atoms with Gasteiger partial charge >= 0.3 is 0 Å². The van der Waals surface area contributed by atoms with Crippen LogP contribution < -0.4 is 4.74 Å². The zero-order valence-electron chi connectivity index (χ0n) is 11.5. The van der Waals surface area contributed by atoms with E-state index in [-0.39, 0.29) is 11.5 Å². The van der Waals surface area contributed by atoms with Crippen molar-refractivity contribution < 1.29 is 19.7 Å². The Morgan fingerprint density at radius 1 is 1.00 bits per heavy atom. The lowest BCUT2D eigenvalue weighted by atomic mass is 9.97. The van der Waals surface area contributed by atoms with E-state index in [4.69, 9.17) is 9.47 Å². The Morgan fingerprint density at radius 2 is 1.62 bits per heavy atom. The highest BCUT2D eigenvalue weighted by atomic mass is 79.9. The predicted octanol–water partition coefficient (Wildman–Crippen LogP) is 4.44. The Balaban J connectivity index is 2.83. The van der Waals surface area contributed by atoms with Crippen molar-refractivity contribution in [3.05, 3.63) is 38.8 Å². The van der Waals surface area contributed by atoms with Gasteiger partial charge in [-0.15, -0.1) is 0 Å². The molecule has 112 valence electrons. The molecule has 0 saturated carbocycles. The molecule has 0 fully saturated rings. The zero-order chi connectivity index (χ0) is 15.6. The van der Waals surface area contributed by atoms with E-state index in [1.165, 1.54) is 7.11 Å². The van der Waals surface area contributed by atoms with Crippen LogP contribution in [0.4, 0.5) is 0 Å². The Morgan fingerprint density at radius 3 is 2.14 bits per heavy atom. The third-order valence-corrected chi connectivity index (χ3v) is 4.27. The maximum absolute atomic E-state index is 10.3. The number of halogens is 2. The maximum atomic E-state index is 10.3. The summed E-state index contributed by atoms with van der Waals surface area (Å²) in [6, 6.07) is 7.04. The highest BCUT2D eigenvalue weighted by molar-refractivity contribution is 9.11. The van der Waals surface area contributed by atoms with E-state index >= 15 is 0 Å². The molecule has 0 bridgehead atoms. The quantitative estimate of drug-likeness (QED) is 0.771. The van der Waals surface area contributed by atoms with Crippen molar-refractivity contribution in [3.63, 3.8) is 0 Å². The number of phenols is 2. The van der Waals surface area contributed by atoms with Crippen molar-refractivity contribution in [2.75, 3.05) is 14.2 Å². The van der Waals surface area contributed by atoms with Crippen molar-refractivity contribution in [1.29, 1.82) is 0 Å². The van der Waals surface area contributed by atoms with E-state index in [1.807, 2.05) is 12.1 Å². The van der Waals surface area contributed by atoms with E-state index in [0.29, 0.717) is 32.4 Å². The van der Waals surface area contributed by atoms with Crippen LogP contribution in [0.5, 0.6) is 17.2 Å². The Kier molecular flexibility index (Phi) is 5.13. The first kappa shape index (κ1) is 16.1. The van der Waals surface area contributed by atoms with Gasteiger partial charge in [0, 0.05) is 12.7 Å². The van der Waals surface area contributed by atoms with Crippen LogP contribution in [0, 0.1) is 0 Å². The molecule has 0 amide bonds. The first-order valence-corrected chi connectivity index (χ1v) is 7.65. The summed E-state index contributed by atoms with van der Waals surface area (Å²) in [5, 5.41) is 20.7. The normalized spacial score (nSPS) is 10.7. The number of phenolic OH excluding ortho intramolecular Hbond substituents is 2. The minimum Gasteiger partial charge on any atom is -0.506 e. The minimum absolute atomic E-state index is 0.0578. The van der Waals surface area contributed by atoms with E-state index < -0.39 is 0 Å². The molecule has 21 heavy (non-hydrogen) atoms. The lowest BCUT2D eigenvalue weighted by Crippen LogP contribution is -1.97. The van der Waals surface area contributed by atoms with Crippen LogP contribution >= 0.6 is 31.9 Å². The molecule has 0 atom stereocenters. The average molecular weight is 418 g/mol. The molecule has 0 radical (unpaired) electrons. The summed E-state index contributed by atoms with van der Waals surface area (Å²) < 4.78 is 11.5. The Hall–Kier alpha value is -1.24. The molecule has 0 spiro atoms. The topological polar surface area (TPSA) is 58.9 Å². The average Bonchev–Trinajstić information content (AvgIpc) is 2.47. The molecule has 0 unspecified atom stereocenters. The van der Waals surface area contributed by atoms with Crippen molar-refractivity contribution in [3.8, 4) is 28.4 Å². The monoisotopic (exact) mass is 416 g/mol. The highest BCUT2D eigenvalue weighted by Gasteiger charge is 2.22. The van der Waals surface area contributed by atoms with Crippen molar-refractivity contribution in [1.82, 2.24) is 0 Å². The summed E-state index contributed by atoms with van der Waals surface area (Å²) in [7, 11) is 3.12. The molecule has 0 aromatic heterocycles. The third-order valence-electron chi connectivity index (χ3n) is 3.06. The lowest BCUT2D eigenvalue weighted by Gasteiger charge is -2.17. The molecule has 0 aliphatic carbocycles. The standard InChI is InChI=1S/C15H14Br2O4/c1-20-7-8-4-3-5-11(21-2)12(8)13-14(18)9(16)6-10(17)15(13)19/h3-6,18-19H,7H2,1-2H3. The summed E-state index contributed by atoms with van der Waals surface area (Å²) in [5.74, 6) is 0.426. The Labute approximate surface area is 139 Å². The second-order valence-corrected chi connectivity index (χ2v) is 6.05. The first-order chi connectivity index (χ1) is 10.0. The van der Waals surface area contributed by atoms with Crippen molar-refractivity contribution >= 4 is 31.9 Å². The summed E-state index contributed by atoms with van der Waals surface area (Å²) in [4.78, 5) is 0. The molecule has 6 heteroatoms. The van der Waals surface area contributed by atoms with Gasteiger partial charge in [0.1, 0.15) is 17.2 Å². The first-order valence-electron chi connectivity index (χ1n) is 6.06. The molecular weight excluding hydrogens is 404 g/mol. The van der Waals surface area contributed by atoms with Gasteiger partial charge in [-0.25, -0.2) is 0 Å². The van der Waals surface area contributed by atoms with Gasteiger partial charge in [-0.2, -0.15) is 0 Å². The van der Waals surface area contributed by atoms with Crippen LogP contribution in [-0.2, 0) is 11.3 Å². The van der Waals surface area contributed by atoms with Crippen molar-refractivity contribution in [2.24, 2.45) is 0 Å². The van der Waals surface area contributed by atoms with Crippen LogP contribution in [0.25, 0.3) is 11.1 Å². The number of methoxy groups -OCH3 is 2. The highest BCUT2D eigenvalue weighted by Crippen LogP contribution is 2.49. The fourth-order valence-electron chi connectivity index (χ4n) is 2.14. The second-order valence-electron chi connectivity index (χ2n) is 4.34. The molecule has 2 N–H and O–H groups in total. The number of rotatable bonds is 4. The van der Waals surface area contributed by atoms with Gasteiger partial charge in [0.15, 0.2) is 0 Å². The molecular formula is C15H14Br2O4. The zero-order valence-corrected chi connectivity index (χ0v) is 14.7. The maximum Gasteiger partial charge on any atom is 0.141 e. The van der Waals surface area contributed by atoms with E-state index in [0.717, 1.165) is 5.56 Å². The number of aromatic hydroxyl groups is 2. The van der Waals surface area contributed by atoms with Gasteiger partial charge in [0.05, 0.1) is 28.2 Å². The Bertz CT molecular complexity index is 645. The molecule has 2 aromatic rings. The van der Waals surface area contributed by atoms with E-state index in [2.05, 4.69) is 31.9 Å². The van der Waals surface area contributed by atoms with Gasteiger partial charge in [0.25, 0.3) is 0 Å². The van der Waals surface area contributed by atoms with Crippen LogP contribution in [-0.4, -0.2) is 24.4 Å². The third kappa shape index (κ3) is 3.02. The van der Waals surface area contributed by atoms with Crippen molar-refractivity contribution in [2.45, 2.75) is 6.61 Å². The van der Waals surface area contributed by atoms with Crippen LogP contribution in [0.2, 0.25) is 0 Å². The molecule has 0 aliphatic rings. The van der Waals surface area contributed by atoms with E-state index in [1.54, 1.807) is 19.2 Å². The molecule has 0 aliphatic heterocycles. The van der Waals surface area contributed by atoms with E-state index in [9.17, 15) is 10.2 Å². The van der Waals surface area contributed by atoms with Crippen LogP contribution in [0.1, 0.15) is 5.56 Å². The predicted molar refractivity (Wildman–Crippen MR) is 87.9 cm³/mol. The fourth-order valence-corrected chi connectivity index (χ4v) is 3.30. The van der Waals surface area contributed by atoms with Gasteiger partial charge in [-0.05, 0) is 49.6 Å².